The van der Waals surface area contributed by atoms with Crippen LogP contribution in [-0.2, 0) is 14.3 Å². The first-order valence-corrected chi connectivity index (χ1v) is 5.69. The minimum atomic E-state index is -1.54. The quantitative estimate of drug-likeness (QED) is 0.578. The van der Waals surface area contributed by atoms with Crippen LogP contribution in [0.1, 0.15) is 19.8 Å². The molecule has 88 valence electrons. The average molecular weight is 263 g/mol. The van der Waals surface area contributed by atoms with Crippen molar-refractivity contribution in [2.24, 2.45) is 0 Å². The highest BCUT2D eigenvalue weighted by Gasteiger charge is 2.37. The molecule has 0 amide bonds. The lowest BCUT2D eigenvalue weighted by atomic mass is 9.98. The largest absolute Gasteiger partial charge is 0.466 e. The molecule has 0 saturated carbocycles. The highest BCUT2D eigenvalue weighted by Crippen LogP contribution is 2.36. The predicted octanol–water partition coefficient (Wildman–Crippen LogP) is 2.57. The maximum Gasteiger partial charge on any atom is 0.306 e. The smallest absolute Gasteiger partial charge is 0.306 e. The van der Waals surface area contributed by atoms with E-state index in [-0.39, 0.29) is 18.2 Å². The molecule has 16 heavy (non-hydrogen) atoms. The molecule has 0 aromatic heterocycles. The summed E-state index contributed by atoms with van der Waals surface area (Å²) in [6, 6.07) is 0. The van der Waals surface area contributed by atoms with Crippen LogP contribution in [0.3, 0.4) is 0 Å². The Balaban J connectivity index is 2.60. The zero-order valence-corrected chi connectivity index (χ0v) is 10.3. The zero-order valence-electron chi connectivity index (χ0n) is 8.83. The van der Waals surface area contributed by atoms with Crippen molar-refractivity contribution in [1.82, 2.24) is 0 Å². The summed E-state index contributed by atoms with van der Waals surface area (Å²) in [6.07, 6.45) is 5.03. The number of carbonyl (C=O) groups is 2. The van der Waals surface area contributed by atoms with Crippen molar-refractivity contribution in [3.63, 3.8) is 0 Å². The van der Waals surface area contributed by atoms with E-state index >= 15 is 0 Å². The maximum absolute atomic E-state index is 11.4. The van der Waals surface area contributed by atoms with Crippen LogP contribution in [-0.4, -0.2) is 22.7 Å². The van der Waals surface area contributed by atoms with Crippen LogP contribution in [0.25, 0.3) is 0 Å². The molecule has 3 nitrogen and oxygen atoms in total. The van der Waals surface area contributed by atoms with Gasteiger partial charge < -0.3 is 4.74 Å². The molecule has 0 saturated heterocycles. The lowest BCUT2D eigenvalue weighted by molar-refractivity contribution is -0.143. The normalized spacial score (nSPS) is 18.2. The molecule has 0 heterocycles. The first-order valence-electron chi connectivity index (χ1n) is 4.94. The molecular formula is C11H12Cl2O3. The molecule has 0 radical (unpaired) electrons. The molecule has 0 fully saturated rings. The monoisotopic (exact) mass is 262 g/mol. The molecule has 1 aliphatic rings. The van der Waals surface area contributed by atoms with E-state index in [1.165, 1.54) is 6.08 Å². The standard InChI is InChI=1S/C11H12Cl2O3/c1-2-16-10(15)7-6-8-4-3-5-9(14)11(8,12)13/h3-5H,2,6-7H2,1H3. The number of esters is 1. The van der Waals surface area contributed by atoms with Gasteiger partial charge in [0.15, 0.2) is 5.78 Å². The van der Waals surface area contributed by atoms with Crippen LogP contribution in [0, 0.1) is 0 Å². The number of carbonyl (C=O) groups excluding carboxylic acids is 2. The molecule has 1 rings (SSSR count). The second-order valence-electron chi connectivity index (χ2n) is 3.29. The lowest BCUT2D eigenvalue weighted by Gasteiger charge is -2.22. The Morgan fingerprint density at radius 2 is 2.19 bits per heavy atom. The molecule has 0 N–H and O–H groups in total. The number of allylic oxidation sites excluding steroid dienone is 4. The Hall–Kier alpha value is -0.800. The second-order valence-corrected chi connectivity index (χ2v) is 4.62. The Kier molecular flexibility index (Phi) is 4.56. The van der Waals surface area contributed by atoms with Crippen LogP contribution in [0.15, 0.2) is 23.8 Å². The van der Waals surface area contributed by atoms with Gasteiger partial charge in [-0.1, -0.05) is 35.4 Å². The summed E-state index contributed by atoms with van der Waals surface area (Å²) in [7, 11) is 0. The summed E-state index contributed by atoms with van der Waals surface area (Å²) in [5.41, 5.74) is 0.524. The molecule has 0 unspecified atom stereocenters. The average Bonchev–Trinajstić information content (AvgIpc) is 2.21. The van der Waals surface area contributed by atoms with Crippen molar-refractivity contribution in [3.8, 4) is 0 Å². The van der Waals surface area contributed by atoms with E-state index < -0.39 is 4.33 Å². The van der Waals surface area contributed by atoms with Gasteiger partial charge in [-0.2, -0.15) is 0 Å². The number of rotatable bonds is 4. The molecule has 0 bridgehead atoms. The lowest BCUT2D eigenvalue weighted by Crippen LogP contribution is -2.29. The van der Waals surface area contributed by atoms with Gasteiger partial charge in [-0.3, -0.25) is 9.59 Å². The Bertz CT molecular complexity index is 356. The minimum Gasteiger partial charge on any atom is -0.466 e. The van der Waals surface area contributed by atoms with E-state index in [0.717, 1.165) is 0 Å². The third-order valence-corrected chi connectivity index (χ3v) is 3.02. The molecule has 0 aliphatic heterocycles. The fourth-order valence-electron chi connectivity index (χ4n) is 1.33. The molecule has 5 heteroatoms. The van der Waals surface area contributed by atoms with Gasteiger partial charge in [-0.25, -0.2) is 0 Å². The van der Waals surface area contributed by atoms with Crippen LogP contribution < -0.4 is 0 Å². The Morgan fingerprint density at radius 1 is 1.50 bits per heavy atom. The van der Waals surface area contributed by atoms with Crippen molar-refractivity contribution < 1.29 is 14.3 Å². The summed E-state index contributed by atoms with van der Waals surface area (Å²) >= 11 is 11.8. The highest BCUT2D eigenvalue weighted by atomic mass is 35.5. The first-order chi connectivity index (χ1) is 7.48. The second kappa shape index (κ2) is 5.51. The van der Waals surface area contributed by atoms with Gasteiger partial charge in [0, 0.05) is 6.42 Å². The Labute approximate surface area is 104 Å². The van der Waals surface area contributed by atoms with Gasteiger partial charge in [0.1, 0.15) is 0 Å². The zero-order chi connectivity index (χ0) is 12.2. The van der Waals surface area contributed by atoms with Crippen molar-refractivity contribution >= 4 is 35.0 Å². The van der Waals surface area contributed by atoms with E-state index in [1.54, 1.807) is 19.1 Å². The molecule has 0 atom stereocenters. The molecule has 0 aromatic rings. The number of alkyl halides is 2. The molecule has 0 aromatic carbocycles. The Morgan fingerprint density at radius 3 is 2.81 bits per heavy atom. The van der Waals surface area contributed by atoms with E-state index in [9.17, 15) is 9.59 Å². The van der Waals surface area contributed by atoms with Gasteiger partial charge >= 0.3 is 5.97 Å². The van der Waals surface area contributed by atoms with Crippen LogP contribution in [0.5, 0.6) is 0 Å². The summed E-state index contributed by atoms with van der Waals surface area (Å²) < 4.78 is 3.23. The highest BCUT2D eigenvalue weighted by molar-refractivity contribution is 6.61. The van der Waals surface area contributed by atoms with Crippen LogP contribution in [0.4, 0.5) is 0 Å². The summed E-state index contributed by atoms with van der Waals surface area (Å²) in [4.78, 5) is 22.5. The summed E-state index contributed by atoms with van der Waals surface area (Å²) in [5, 5.41) is 0. The van der Waals surface area contributed by atoms with E-state index in [1.807, 2.05) is 0 Å². The molecule has 0 spiro atoms. The fraction of sp³-hybridized carbons (Fsp3) is 0.455. The van der Waals surface area contributed by atoms with Gasteiger partial charge in [0.05, 0.1) is 6.61 Å². The van der Waals surface area contributed by atoms with Gasteiger partial charge in [-0.15, -0.1) is 0 Å². The van der Waals surface area contributed by atoms with Crippen LogP contribution in [0.2, 0.25) is 0 Å². The van der Waals surface area contributed by atoms with Gasteiger partial charge in [-0.05, 0) is 25.0 Å². The summed E-state index contributed by atoms with van der Waals surface area (Å²) in [6.45, 7) is 2.07. The molecule has 1 aliphatic carbocycles. The summed E-state index contributed by atoms with van der Waals surface area (Å²) in [5.74, 6) is -0.702. The van der Waals surface area contributed by atoms with Gasteiger partial charge in [0.25, 0.3) is 0 Å². The van der Waals surface area contributed by atoms with Gasteiger partial charge in [0.2, 0.25) is 4.33 Å². The third kappa shape index (κ3) is 3.09. The van der Waals surface area contributed by atoms with E-state index in [4.69, 9.17) is 27.9 Å². The SMILES string of the molecule is CCOC(=O)CCC1=CC=CC(=O)C1(Cl)Cl. The van der Waals surface area contributed by atoms with Crippen LogP contribution >= 0.6 is 23.2 Å². The number of hydrogen-bond acceptors (Lipinski definition) is 3. The van der Waals surface area contributed by atoms with Crippen molar-refractivity contribution in [2.75, 3.05) is 6.61 Å². The van der Waals surface area contributed by atoms with Crippen molar-refractivity contribution in [2.45, 2.75) is 24.1 Å². The maximum atomic E-state index is 11.4. The third-order valence-electron chi connectivity index (χ3n) is 2.16. The number of ether oxygens (including phenoxy) is 1. The topological polar surface area (TPSA) is 43.4 Å². The van der Waals surface area contributed by atoms with Crippen molar-refractivity contribution in [3.05, 3.63) is 23.8 Å². The van der Waals surface area contributed by atoms with E-state index in [2.05, 4.69) is 0 Å². The number of halogens is 2. The van der Waals surface area contributed by atoms with Crippen molar-refractivity contribution in [1.29, 1.82) is 0 Å². The fourth-order valence-corrected chi connectivity index (χ4v) is 1.77. The number of ketones is 1. The molecular weight excluding hydrogens is 251 g/mol. The first kappa shape index (κ1) is 13.3. The number of hydrogen-bond donors (Lipinski definition) is 0. The predicted molar refractivity (Wildman–Crippen MR) is 62.5 cm³/mol. The minimum absolute atomic E-state index is 0.169. The van der Waals surface area contributed by atoms with E-state index in [0.29, 0.717) is 18.6 Å².